The van der Waals surface area contributed by atoms with Crippen molar-refractivity contribution in [2.24, 2.45) is 17.1 Å². The fourth-order valence-electron chi connectivity index (χ4n) is 2.53. The second kappa shape index (κ2) is 8.04. The van der Waals surface area contributed by atoms with Crippen LogP contribution in [-0.2, 0) is 11.2 Å². The molecule has 1 rings (SSSR count). The molecule has 0 radical (unpaired) electrons. The Kier molecular flexibility index (Phi) is 7.01. The van der Waals surface area contributed by atoms with Crippen molar-refractivity contribution >= 4 is 21.7 Å². The normalized spacial score (nSPS) is 13.2. The fourth-order valence-corrected chi connectivity index (χ4v) is 2.93. The van der Waals surface area contributed by atoms with Crippen molar-refractivity contribution in [3.8, 4) is 0 Å². The zero-order valence-corrected chi connectivity index (χ0v) is 14.7. The molecule has 1 aromatic carbocycles. The summed E-state index contributed by atoms with van der Waals surface area (Å²) < 4.78 is 14.4. The zero-order valence-electron chi connectivity index (χ0n) is 13.1. The van der Waals surface area contributed by atoms with Gasteiger partial charge in [0.2, 0.25) is 0 Å². The van der Waals surface area contributed by atoms with Crippen LogP contribution in [-0.4, -0.2) is 12.3 Å². The predicted molar refractivity (Wildman–Crippen MR) is 88.7 cm³/mol. The van der Waals surface area contributed by atoms with Crippen LogP contribution >= 0.6 is 15.9 Å². The van der Waals surface area contributed by atoms with Gasteiger partial charge in [0.25, 0.3) is 0 Å². The Balaban J connectivity index is 2.59. The number of hydrogen-bond donors (Lipinski definition) is 1. The summed E-state index contributed by atoms with van der Waals surface area (Å²) in [4.78, 5) is 12.1. The van der Waals surface area contributed by atoms with E-state index in [0.29, 0.717) is 24.4 Å². The summed E-state index contributed by atoms with van der Waals surface area (Å²) in [5.74, 6) is 0.179. The smallest absolute Gasteiger partial charge is 0.137 e. The summed E-state index contributed by atoms with van der Waals surface area (Å²) in [6.45, 7) is 7.15. The van der Waals surface area contributed by atoms with Crippen molar-refractivity contribution < 1.29 is 9.18 Å². The summed E-state index contributed by atoms with van der Waals surface area (Å²) in [5, 5.41) is 0. The molecular weight excluding hydrogens is 333 g/mol. The summed E-state index contributed by atoms with van der Waals surface area (Å²) in [5.41, 5.74) is 6.25. The molecule has 0 bridgehead atoms. The van der Waals surface area contributed by atoms with Crippen molar-refractivity contribution in [2.75, 3.05) is 6.54 Å². The Morgan fingerprint density at radius 1 is 1.33 bits per heavy atom. The molecule has 0 saturated carbocycles. The van der Waals surface area contributed by atoms with E-state index in [9.17, 15) is 9.18 Å². The molecule has 0 heterocycles. The Morgan fingerprint density at radius 2 is 2.00 bits per heavy atom. The maximum atomic E-state index is 13.6. The van der Waals surface area contributed by atoms with Crippen LogP contribution in [0, 0.1) is 17.2 Å². The van der Waals surface area contributed by atoms with Gasteiger partial charge in [0.1, 0.15) is 11.6 Å². The van der Waals surface area contributed by atoms with Crippen molar-refractivity contribution in [3.63, 3.8) is 0 Å². The quantitative estimate of drug-likeness (QED) is 0.780. The lowest BCUT2D eigenvalue weighted by molar-refractivity contribution is -0.118. The number of Topliss-reactive ketones (excluding diaryl/α,β-unsaturated/α-hetero) is 1. The van der Waals surface area contributed by atoms with Crippen molar-refractivity contribution in [3.05, 3.63) is 34.1 Å². The third kappa shape index (κ3) is 6.27. The maximum Gasteiger partial charge on any atom is 0.137 e. The molecule has 1 aromatic rings. The highest BCUT2D eigenvalue weighted by Crippen LogP contribution is 2.32. The summed E-state index contributed by atoms with van der Waals surface area (Å²) in [6.07, 6.45) is 2.37. The van der Waals surface area contributed by atoms with Crippen LogP contribution in [0.25, 0.3) is 0 Å². The van der Waals surface area contributed by atoms with Gasteiger partial charge in [-0.1, -0.05) is 36.7 Å². The van der Waals surface area contributed by atoms with Crippen LogP contribution in [0.2, 0.25) is 0 Å². The number of halogens is 2. The highest BCUT2D eigenvalue weighted by atomic mass is 79.9. The number of rotatable bonds is 7. The molecule has 0 aliphatic carbocycles. The molecule has 0 aliphatic rings. The first-order chi connectivity index (χ1) is 9.74. The number of benzene rings is 1. The molecule has 2 nitrogen and oxygen atoms in total. The van der Waals surface area contributed by atoms with Crippen LogP contribution in [0.3, 0.4) is 0 Å². The zero-order chi connectivity index (χ0) is 16.0. The topological polar surface area (TPSA) is 43.1 Å². The SMILES string of the molecule is CC(C)(C)C(CCN)CCC(=O)Cc1cc(Br)ccc1F. The van der Waals surface area contributed by atoms with Gasteiger partial charge in [0.05, 0.1) is 0 Å². The molecule has 0 aliphatic heterocycles. The Bertz CT molecular complexity index is 482. The van der Waals surface area contributed by atoms with E-state index in [4.69, 9.17) is 5.73 Å². The van der Waals surface area contributed by atoms with E-state index >= 15 is 0 Å². The predicted octanol–water partition coefficient (Wildman–Crippen LogP) is 4.49. The van der Waals surface area contributed by atoms with E-state index in [1.165, 1.54) is 6.07 Å². The minimum absolute atomic E-state index is 0.0817. The van der Waals surface area contributed by atoms with Gasteiger partial charge in [-0.25, -0.2) is 4.39 Å². The number of nitrogens with two attached hydrogens (primary N) is 1. The lowest BCUT2D eigenvalue weighted by atomic mass is 9.76. The second-order valence-corrected chi connectivity index (χ2v) is 7.55. The van der Waals surface area contributed by atoms with Gasteiger partial charge >= 0.3 is 0 Å². The van der Waals surface area contributed by atoms with Gasteiger partial charge in [-0.2, -0.15) is 0 Å². The Morgan fingerprint density at radius 3 is 2.57 bits per heavy atom. The van der Waals surface area contributed by atoms with E-state index < -0.39 is 0 Å². The van der Waals surface area contributed by atoms with E-state index in [0.717, 1.165) is 17.3 Å². The average Bonchev–Trinajstić information content (AvgIpc) is 2.37. The van der Waals surface area contributed by atoms with E-state index in [-0.39, 0.29) is 23.4 Å². The molecule has 21 heavy (non-hydrogen) atoms. The fraction of sp³-hybridized carbons (Fsp3) is 0.588. The van der Waals surface area contributed by atoms with Gasteiger partial charge in [-0.15, -0.1) is 0 Å². The molecular formula is C17H25BrFNO. The molecule has 1 unspecified atom stereocenters. The van der Waals surface area contributed by atoms with E-state index in [1.54, 1.807) is 12.1 Å². The average molecular weight is 358 g/mol. The third-order valence-corrected chi connectivity index (χ3v) is 4.40. The van der Waals surface area contributed by atoms with Gasteiger partial charge in [-0.05, 0) is 54.5 Å². The summed E-state index contributed by atoms with van der Waals surface area (Å²) in [6, 6.07) is 4.70. The van der Waals surface area contributed by atoms with Crippen molar-refractivity contribution in [2.45, 2.75) is 46.5 Å². The molecule has 0 fully saturated rings. The Hall–Kier alpha value is -0.740. The van der Waals surface area contributed by atoms with Gasteiger partial charge in [0, 0.05) is 17.3 Å². The van der Waals surface area contributed by atoms with Crippen molar-refractivity contribution in [1.82, 2.24) is 0 Å². The maximum absolute atomic E-state index is 13.6. The number of carbonyl (C=O) groups excluding carboxylic acids is 1. The number of hydrogen-bond acceptors (Lipinski definition) is 2. The molecule has 4 heteroatoms. The van der Waals surface area contributed by atoms with Crippen LogP contribution in [0.4, 0.5) is 4.39 Å². The van der Waals surface area contributed by atoms with Crippen LogP contribution in [0.5, 0.6) is 0 Å². The Labute approximate surface area is 135 Å². The van der Waals surface area contributed by atoms with E-state index in [1.807, 2.05) is 0 Å². The number of carbonyl (C=O) groups is 1. The summed E-state index contributed by atoms with van der Waals surface area (Å²) in [7, 11) is 0. The molecule has 118 valence electrons. The second-order valence-electron chi connectivity index (χ2n) is 6.63. The van der Waals surface area contributed by atoms with Crippen molar-refractivity contribution in [1.29, 1.82) is 0 Å². The highest BCUT2D eigenvalue weighted by molar-refractivity contribution is 9.10. The van der Waals surface area contributed by atoms with Crippen LogP contribution < -0.4 is 5.73 Å². The molecule has 0 spiro atoms. The molecule has 0 saturated heterocycles. The highest BCUT2D eigenvalue weighted by Gasteiger charge is 2.24. The minimum atomic E-state index is -0.319. The lowest BCUT2D eigenvalue weighted by Crippen LogP contribution is -2.24. The van der Waals surface area contributed by atoms with E-state index in [2.05, 4.69) is 36.7 Å². The summed E-state index contributed by atoms with van der Waals surface area (Å²) >= 11 is 3.30. The minimum Gasteiger partial charge on any atom is -0.330 e. The molecule has 1 atom stereocenters. The van der Waals surface area contributed by atoms with Gasteiger partial charge in [-0.3, -0.25) is 4.79 Å². The first kappa shape index (κ1) is 18.3. The van der Waals surface area contributed by atoms with Crippen LogP contribution in [0.15, 0.2) is 22.7 Å². The monoisotopic (exact) mass is 357 g/mol. The lowest BCUT2D eigenvalue weighted by Gasteiger charge is -2.30. The van der Waals surface area contributed by atoms with Gasteiger partial charge < -0.3 is 5.73 Å². The third-order valence-electron chi connectivity index (χ3n) is 3.91. The van der Waals surface area contributed by atoms with Crippen LogP contribution in [0.1, 0.15) is 45.6 Å². The number of ketones is 1. The molecule has 0 amide bonds. The largest absolute Gasteiger partial charge is 0.330 e. The first-order valence-electron chi connectivity index (χ1n) is 7.39. The first-order valence-corrected chi connectivity index (χ1v) is 8.19. The molecule has 0 aromatic heterocycles. The standard InChI is InChI=1S/C17H25BrFNO/c1-17(2,3)13(8-9-20)4-6-15(21)11-12-10-14(18)5-7-16(12)19/h5,7,10,13H,4,6,8-9,11,20H2,1-3H3. The van der Waals surface area contributed by atoms with Gasteiger partial charge in [0.15, 0.2) is 0 Å². The molecule has 2 N–H and O–H groups in total.